The van der Waals surface area contributed by atoms with Crippen LogP contribution >= 0.6 is 0 Å². The van der Waals surface area contributed by atoms with Crippen molar-refractivity contribution in [2.45, 2.75) is 90.0 Å². The molecular weight excluding hydrogens is 440 g/mol. The molecule has 2 aliphatic carbocycles. The molecule has 4 heteroatoms. The molecule has 0 spiro atoms. The lowest BCUT2D eigenvalue weighted by Gasteiger charge is -2.42. The number of fused-ring (bicyclic) bond motifs is 1. The Balaban J connectivity index is 1.26. The molecule has 2 nitrogen and oxygen atoms in total. The number of rotatable bonds is 6. The number of ether oxygens (including phenoxy) is 1. The molecule has 0 N–H and O–H groups in total. The summed E-state index contributed by atoms with van der Waals surface area (Å²) < 4.78 is 35.3. The molecule has 35 heavy (non-hydrogen) atoms. The van der Waals surface area contributed by atoms with Crippen molar-refractivity contribution in [2.24, 2.45) is 22.7 Å². The molecule has 0 radical (unpaired) electrons. The Morgan fingerprint density at radius 1 is 0.914 bits per heavy atom. The van der Waals surface area contributed by atoms with Crippen LogP contribution in [0.4, 0.5) is 8.78 Å². The summed E-state index contributed by atoms with van der Waals surface area (Å²) in [6.07, 6.45) is 12.3. The highest BCUT2D eigenvalue weighted by Gasteiger charge is 2.36. The molecule has 4 unspecified atom stereocenters. The number of hydrogen-bond acceptors (Lipinski definition) is 2. The maximum Gasteiger partial charge on any atom is 0.222 e. The maximum atomic E-state index is 14.9. The fraction of sp³-hybridized carbons (Fsp3) is 0.581. The molecule has 0 bridgehead atoms. The van der Waals surface area contributed by atoms with Gasteiger partial charge in [-0.25, -0.2) is 13.8 Å². The number of hydrogen-bond donors (Lipinski definition) is 0. The van der Waals surface area contributed by atoms with E-state index in [0.29, 0.717) is 18.1 Å². The van der Waals surface area contributed by atoms with E-state index in [1.807, 2.05) is 26.0 Å². The van der Waals surface area contributed by atoms with Gasteiger partial charge in [-0.3, -0.25) is 0 Å². The molecule has 0 amide bonds. The van der Waals surface area contributed by atoms with E-state index in [-0.39, 0.29) is 11.5 Å². The van der Waals surface area contributed by atoms with Gasteiger partial charge in [-0.05, 0) is 98.4 Å². The Morgan fingerprint density at radius 3 is 2.26 bits per heavy atom. The van der Waals surface area contributed by atoms with Crippen molar-refractivity contribution in [3.63, 3.8) is 0 Å². The van der Waals surface area contributed by atoms with Crippen LogP contribution in [0.25, 0.3) is 11.1 Å². The Bertz CT molecular complexity index is 1050. The third-order valence-electron chi connectivity index (χ3n) is 8.63. The Kier molecular flexibility index (Phi) is 7.01. The number of nitrogens with zero attached hydrogens (tertiary/aromatic N) is 1. The SMILES string of the molecule is CCCCC1CCC2CC(c3ccc(-c4cc(F)c(C5=NC(C)(C)CO5)c(F)c4)cc3)CCC2C1. The summed E-state index contributed by atoms with van der Waals surface area (Å²) in [5, 5.41) is 0. The maximum absolute atomic E-state index is 14.9. The molecule has 3 aliphatic rings. The fourth-order valence-corrected chi connectivity index (χ4v) is 6.65. The number of unbranched alkanes of at least 4 members (excludes halogenated alkanes) is 1. The van der Waals surface area contributed by atoms with Gasteiger partial charge >= 0.3 is 0 Å². The first-order chi connectivity index (χ1) is 16.8. The molecule has 2 aromatic carbocycles. The van der Waals surface area contributed by atoms with Gasteiger partial charge in [0, 0.05) is 0 Å². The first-order valence-electron chi connectivity index (χ1n) is 13.7. The average molecular weight is 480 g/mol. The van der Waals surface area contributed by atoms with E-state index < -0.39 is 17.2 Å². The lowest BCUT2D eigenvalue weighted by molar-refractivity contribution is 0.113. The first-order valence-corrected chi connectivity index (χ1v) is 13.7. The number of benzene rings is 2. The summed E-state index contributed by atoms with van der Waals surface area (Å²) in [6, 6.07) is 11.2. The van der Waals surface area contributed by atoms with Crippen LogP contribution in [0.15, 0.2) is 41.4 Å². The second kappa shape index (κ2) is 10.0. The van der Waals surface area contributed by atoms with E-state index in [1.54, 1.807) is 0 Å². The van der Waals surface area contributed by atoms with E-state index in [9.17, 15) is 8.78 Å². The predicted molar refractivity (Wildman–Crippen MR) is 139 cm³/mol. The van der Waals surface area contributed by atoms with Crippen molar-refractivity contribution in [2.75, 3.05) is 6.61 Å². The fourth-order valence-electron chi connectivity index (χ4n) is 6.65. The highest BCUT2D eigenvalue weighted by molar-refractivity contribution is 5.96. The van der Waals surface area contributed by atoms with E-state index in [2.05, 4.69) is 24.0 Å². The molecule has 1 aliphatic heterocycles. The second-order valence-corrected chi connectivity index (χ2v) is 11.8. The predicted octanol–water partition coefficient (Wildman–Crippen LogP) is 8.68. The Hall–Kier alpha value is -2.23. The van der Waals surface area contributed by atoms with Crippen LogP contribution in [0.2, 0.25) is 0 Å². The van der Waals surface area contributed by atoms with Gasteiger partial charge in [-0.1, -0.05) is 56.9 Å². The molecule has 1 heterocycles. The van der Waals surface area contributed by atoms with Gasteiger partial charge in [-0.2, -0.15) is 0 Å². The van der Waals surface area contributed by atoms with Crippen LogP contribution in [0, 0.1) is 29.4 Å². The topological polar surface area (TPSA) is 21.6 Å². The molecule has 4 atom stereocenters. The van der Waals surface area contributed by atoms with Gasteiger partial charge in [0.05, 0.1) is 5.54 Å². The minimum Gasteiger partial charge on any atom is -0.475 e. The van der Waals surface area contributed by atoms with E-state index in [1.165, 1.54) is 75.5 Å². The molecule has 2 aromatic rings. The normalized spacial score (nSPS) is 27.7. The summed E-state index contributed by atoms with van der Waals surface area (Å²) in [5.74, 6) is 2.15. The standard InChI is InChI=1S/C31H39F2NO/c1-4-5-6-20-7-8-25-16-24(14-13-23(25)15-20)21-9-11-22(12-10-21)26-17-27(32)29(28(33)18-26)30-34-31(2,3)19-35-30/h9-12,17-18,20,23-25H,4-8,13-16,19H2,1-3H3. The smallest absolute Gasteiger partial charge is 0.222 e. The molecule has 5 rings (SSSR count). The molecule has 2 fully saturated rings. The molecular formula is C31H39F2NO. The van der Waals surface area contributed by atoms with Crippen LogP contribution < -0.4 is 0 Å². The molecule has 188 valence electrons. The minimum atomic E-state index is -0.631. The average Bonchev–Trinajstić information content (AvgIpc) is 3.20. The molecule has 2 saturated carbocycles. The summed E-state index contributed by atoms with van der Waals surface area (Å²) in [4.78, 5) is 4.34. The van der Waals surface area contributed by atoms with Crippen LogP contribution in [-0.4, -0.2) is 18.0 Å². The van der Waals surface area contributed by atoms with Gasteiger partial charge in [0.25, 0.3) is 0 Å². The van der Waals surface area contributed by atoms with Gasteiger partial charge in [0.1, 0.15) is 23.8 Å². The van der Waals surface area contributed by atoms with E-state index >= 15 is 0 Å². The Morgan fingerprint density at radius 2 is 1.60 bits per heavy atom. The zero-order valence-electron chi connectivity index (χ0n) is 21.5. The lowest BCUT2D eigenvalue weighted by Crippen LogP contribution is -2.30. The van der Waals surface area contributed by atoms with Gasteiger partial charge in [-0.15, -0.1) is 0 Å². The van der Waals surface area contributed by atoms with Crippen molar-refractivity contribution in [3.8, 4) is 11.1 Å². The van der Waals surface area contributed by atoms with Gasteiger partial charge in [0.2, 0.25) is 5.90 Å². The summed E-state index contributed by atoms with van der Waals surface area (Å²) in [5.41, 5.74) is 2.11. The van der Waals surface area contributed by atoms with E-state index in [4.69, 9.17) is 4.74 Å². The van der Waals surface area contributed by atoms with Crippen molar-refractivity contribution in [3.05, 3.63) is 59.2 Å². The summed E-state index contributed by atoms with van der Waals surface area (Å²) in [6.45, 7) is 6.39. The zero-order chi connectivity index (χ0) is 24.6. The monoisotopic (exact) mass is 479 g/mol. The van der Waals surface area contributed by atoms with Crippen molar-refractivity contribution in [1.82, 2.24) is 0 Å². The lowest BCUT2D eigenvalue weighted by atomic mass is 9.63. The number of aliphatic imine (C=N–C) groups is 1. The Labute approximate surface area is 209 Å². The van der Waals surface area contributed by atoms with Crippen molar-refractivity contribution in [1.29, 1.82) is 0 Å². The number of halogens is 2. The van der Waals surface area contributed by atoms with Crippen molar-refractivity contribution >= 4 is 5.90 Å². The zero-order valence-corrected chi connectivity index (χ0v) is 21.5. The highest BCUT2D eigenvalue weighted by atomic mass is 19.1. The van der Waals surface area contributed by atoms with Gasteiger partial charge in [0.15, 0.2) is 0 Å². The second-order valence-electron chi connectivity index (χ2n) is 11.8. The first kappa shape index (κ1) is 24.5. The largest absolute Gasteiger partial charge is 0.475 e. The summed E-state index contributed by atoms with van der Waals surface area (Å²) >= 11 is 0. The van der Waals surface area contributed by atoms with Crippen LogP contribution in [-0.2, 0) is 4.74 Å². The van der Waals surface area contributed by atoms with Gasteiger partial charge < -0.3 is 4.74 Å². The highest BCUT2D eigenvalue weighted by Crippen LogP contribution is 2.48. The van der Waals surface area contributed by atoms with E-state index in [0.717, 1.165) is 23.3 Å². The van der Waals surface area contributed by atoms with Crippen LogP contribution in [0.5, 0.6) is 0 Å². The quantitative estimate of drug-likeness (QED) is 0.406. The van der Waals surface area contributed by atoms with Crippen molar-refractivity contribution < 1.29 is 13.5 Å². The third kappa shape index (κ3) is 5.32. The molecule has 0 aromatic heterocycles. The third-order valence-corrected chi connectivity index (χ3v) is 8.63. The van der Waals surface area contributed by atoms with Crippen LogP contribution in [0.3, 0.4) is 0 Å². The minimum absolute atomic E-state index is 0.0573. The summed E-state index contributed by atoms with van der Waals surface area (Å²) in [7, 11) is 0. The molecule has 0 saturated heterocycles. The van der Waals surface area contributed by atoms with Crippen LogP contribution in [0.1, 0.15) is 95.6 Å².